The van der Waals surface area contributed by atoms with E-state index in [-0.39, 0.29) is 0 Å². The number of hydrogen-bond acceptors (Lipinski definition) is 4. The molecular weight excluding hydrogens is 322 g/mol. The number of nitrogens with one attached hydrogen (secondary N) is 1. The molecule has 0 fully saturated rings. The van der Waals surface area contributed by atoms with Gasteiger partial charge in [0.15, 0.2) is 5.65 Å². The van der Waals surface area contributed by atoms with E-state index in [0.717, 1.165) is 47.3 Å². The predicted molar refractivity (Wildman–Crippen MR) is 106 cm³/mol. The van der Waals surface area contributed by atoms with Crippen LogP contribution in [0.5, 0.6) is 0 Å². The van der Waals surface area contributed by atoms with E-state index in [4.69, 9.17) is 5.10 Å². The van der Waals surface area contributed by atoms with Crippen molar-refractivity contribution in [2.24, 2.45) is 0 Å². The second-order valence-electron chi connectivity index (χ2n) is 6.60. The summed E-state index contributed by atoms with van der Waals surface area (Å²) in [7, 11) is 0. The molecule has 0 aliphatic carbocycles. The lowest BCUT2D eigenvalue weighted by molar-refractivity contribution is 0.664. The summed E-state index contributed by atoms with van der Waals surface area (Å²) in [5.74, 6) is 0.896. The molecule has 0 aliphatic rings. The maximum absolute atomic E-state index is 4.76. The average molecular weight is 345 g/mol. The molecule has 0 saturated heterocycles. The molecule has 5 heteroatoms. The third-order valence-electron chi connectivity index (χ3n) is 4.82. The Bertz CT molecular complexity index is 1030. The van der Waals surface area contributed by atoms with Gasteiger partial charge in [0.1, 0.15) is 5.82 Å². The molecule has 0 atom stereocenters. The molecule has 0 radical (unpaired) electrons. The van der Waals surface area contributed by atoms with Crippen LogP contribution in [0.2, 0.25) is 0 Å². The minimum absolute atomic E-state index is 0.444. The fourth-order valence-corrected chi connectivity index (χ4v) is 3.26. The Labute approximate surface area is 153 Å². The van der Waals surface area contributed by atoms with Crippen molar-refractivity contribution in [3.63, 3.8) is 0 Å². The molecule has 1 N–H and O–H groups in total. The summed E-state index contributed by atoms with van der Waals surface area (Å²) in [6.07, 6.45) is 6.69. The molecule has 0 aliphatic heterocycles. The maximum Gasteiger partial charge on any atom is 0.153 e. The fourth-order valence-electron chi connectivity index (χ4n) is 3.26. The van der Waals surface area contributed by atoms with Gasteiger partial charge in [-0.25, -0.2) is 9.50 Å². The van der Waals surface area contributed by atoms with Crippen LogP contribution in [0.1, 0.15) is 37.9 Å². The van der Waals surface area contributed by atoms with Crippen LogP contribution < -0.4 is 5.32 Å². The summed E-state index contributed by atoms with van der Waals surface area (Å²) in [4.78, 5) is 8.88. The number of aromatic nitrogens is 4. The van der Waals surface area contributed by atoms with Gasteiger partial charge in [0.05, 0.1) is 17.4 Å². The highest BCUT2D eigenvalue weighted by Gasteiger charge is 2.09. The van der Waals surface area contributed by atoms with Gasteiger partial charge in [-0.15, -0.1) is 5.10 Å². The van der Waals surface area contributed by atoms with E-state index in [1.165, 1.54) is 5.56 Å². The van der Waals surface area contributed by atoms with Crippen molar-refractivity contribution in [2.75, 3.05) is 5.32 Å². The largest absolute Gasteiger partial charge is 0.366 e. The van der Waals surface area contributed by atoms with E-state index >= 15 is 0 Å². The minimum Gasteiger partial charge on any atom is -0.366 e. The van der Waals surface area contributed by atoms with Crippen molar-refractivity contribution in [3.05, 3.63) is 66.1 Å². The van der Waals surface area contributed by atoms with Crippen molar-refractivity contribution in [2.45, 2.75) is 39.2 Å². The number of nitrogens with zero attached hydrogens (tertiary/aromatic N) is 4. The molecule has 4 aromatic rings. The summed E-state index contributed by atoms with van der Waals surface area (Å²) in [6.45, 7) is 4.38. The van der Waals surface area contributed by atoms with E-state index in [2.05, 4.69) is 53.4 Å². The van der Waals surface area contributed by atoms with Crippen molar-refractivity contribution >= 4 is 22.4 Å². The molecule has 0 spiro atoms. The van der Waals surface area contributed by atoms with Gasteiger partial charge in [-0.05, 0) is 48.7 Å². The Morgan fingerprint density at radius 1 is 1.04 bits per heavy atom. The maximum atomic E-state index is 4.76. The molecule has 1 aromatic carbocycles. The quantitative estimate of drug-likeness (QED) is 0.560. The smallest absolute Gasteiger partial charge is 0.153 e. The first-order valence-corrected chi connectivity index (χ1v) is 9.20. The van der Waals surface area contributed by atoms with E-state index in [1.807, 2.05) is 35.1 Å². The molecule has 5 nitrogen and oxygen atoms in total. The average Bonchev–Trinajstić information content (AvgIpc) is 3.08. The summed E-state index contributed by atoms with van der Waals surface area (Å²) in [6, 6.07) is 14.9. The molecule has 132 valence electrons. The lowest BCUT2D eigenvalue weighted by Crippen LogP contribution is -2.18. The predicted octanol–water partition coefficient (Wildman–Crippen LogP) is 4.47. The highest BCUT2D eigenvalue weighted by molar-refractivity contribution is 5.79. The molecular formula is C21H23N5. The van der Waals surface area contributed by atoms with Gasteiger partial charge in [0.25, 0.3) is 0 Å². The van der Waals surface area contributed by atoms with Crippen LogP contribution in [0.3, 0.4) is 0 Å². The fraction of sp³-hybridized carbons (Fsp3) is 0.286. The molecule has 0 unspecified atom stereocenters. The Morgan fingerprint density at radius 2 is 1.92 bits per heavy atom. The van der Waals surface area contributed by atoms with Crippen LogP contribution in [-0.4, -0.2) is 25.6 Å². The summed E-state index contributed by atoms with van der Waals surface area (Å²) < 4.78 is 1.94. The number of fused-ring (bicyclic) bond motifs is 2. The van der Waals surface area contributed by atoms with Gasteiger partial charge >= 0.3 is 0 Å². The number of hydrogen-bond donors (Lipinski definition) is 1. The van der Waals surface area contributed by atoms with Gasteiger partial charge < -0.3 is 5.32 Å². The van der Waals surface area contributed by atoms with Crippen LogP contribution >= 0.6 is 0 Å². The number of benzene rings is 1. The Hall–Kier alpha value is -2.95. The van der Waals surface area contributed by atoms with Gasteiger partial charge in [0.2, 0.25) is 0 Å². The molecule has 4 rings (SSSR count). The topological polar surface area (TPSA) is 55.1 Å². The zero-order valence-corrected chi connectivity index (χ0v) is 15.2. The third kappa shape index (κ3) is 3.25. The van der Waals surface area contributed by atoms with E-state index < -0.39 is 0 Å². The van der Waals surface area contributed by atoms with Gasteiger partial charge in [-0.2, -0.15) is 0 Å². The van der Waals surface area contributed by atoms with Gasteiger partial charge in [-0.1, -0.05) is 26.0 Å². The SMILES string of the molecule is CCC(CC)Nc1ccc2ncc(Cc3ccc4ncccc4c3)n2n1. The lowest BCUT2D eigenvalue weighted by atomic mass is 10.1. The zero-order chi connectivity index (χ0) is 17.9. The molecule has 3 aromatic heterocycles. The number of imidazole rings is 1. The van der Waals surface area contributed by atoms with Gasteiger partial charge in [0, 0.05) is 24.0 Å². The number of rotatable bonds is 6. The Kier molecular flexibility index (Phi) is 4.52. The van der Waals surface area contributed by atoms with Crippen LogP contribution in [0.15, 0.2) is 54.9 Å². The highest BCUT2D eigenvalue weighted by Crippen LogP contribution is 2.18. The summed E-state index contributed by atoms with van der Waals surface area (Å²) in [5.41, 5.74) is 4.20. The highest BCUT2D eigenvalue weighted by atomic mass is 15.3. The van der Waals surface area contributed by atoms with E-state index in [9.17, 15) is 0 Å². The van der Waals surface area contributed by atoms with Crippen molar-refractivity contribution in [1.82, 2.24) is 19.6 Å². The van der Waals surface area contributed by atoms with Crippen molar-refractivity contribution < 1.29 is 0 Å². The van der Waals surface area contributed by atoms with Crippen LogP contribution in [0.25, 0.3) is 16.6 Å². The standard InChI is InChI=1S/C21H23N5/c1-3-17(4-2)24-20-9-10-21-23-14-18(26(21)25-20)13-15-7-8-19-16(12-15)6-5-11-22-19/h5-12,14,17H,3-4,13H2,1-2H3,(H,24,25). The Morgan fingerprint density at radius 3 is 2.77 bits per heavy atom. The number of anilines is 1. The summed E-state index contributed by atoms with van der Waals surface area (Å²) >= 11 is 0. The summed E-state index contributed by atoms with van der Waals surface area (Å²) in [5, 5.41) is 9.42. The molecule has 0 saturated carbocycles. The van der Waals surface area contributed by atoms with Crippen LogP contribution in [0, 0.1) is 0 Å². The van der Waals surface area contributed by atoms with E-state index in [0.29, 0.717) is 6.04 Å². The second-order valence-corrected chi connectivity index (χ2v) is 6.60. The molecule has 0 amide bonds. The van der Waals surface area contributed by atoms with Crippen molar-refractivity contribution in [3.8, 4) is 0 Å². The minimum atomic E-state index is 0.444. The Balaban J connectivity index is 1.64. The van der Waals surface area contributed by atoms with Crippen molar-refractivity contribution in [1.29, 1.82) is 0 Å². The van der Waals surface area contributed by atoms with Gasteiger partial charge in [-0.3, -0.25) is 4.98 Å². The molecule has 0 bridgehead atoms. The second kappa shape index (κ2) is 7.12. The lowest BCUT2D eigenvalue weighted by Gasteiger charge is -2.15. The zero-order valence-electron chi connectivity index (χ0n) is 15.2. The first-order chi connectivity index (χ1) is 12.8. The van der Waals surface area contributed by atoms with Crippen LogP contribution in [-0.2, 0) is 6.42 Å². The number of pyridine rings is 1. The molecule has 26 heavy (non-hydrogen) atoms. The van der Waals surface area contributed by atoms with E-state index in [1.54, 1.807) is 0 Å². The monoisotopic (exact) mass is 345 g/mol. The van der Waals surface area contributed by atoms with Crippen LogP contribution in [0.4, 0.5) is 5.82 Å². The molecule has 3 heterocycles. The normalized spacial score (nSPS) is 11.5. The third-order valence-corrected chi connectivity index (χ3v) is 4.82. The first kappa shape index (κ1) is 16.5. The first-order valence-electron chi connectivity index (χ1n) is 9.20.